The Bertz CT molecular complexity index is 205. The SMILES string of the molecule is CCO[SiH](OCC)OCCC(C)N1CCCCCC1. The maximum atomic E-state index is 5.78. The molecule has 1 rings (SSSR count). The highest BCUT2D eigenvalue weighted by Crippen LogP contribution is 2.14. The van der Waals surface area contributed by atoms with Gasteiger partial charge in [-0.2, -0.15) is 0 Å². The van der Waals surface area contributed by atoms with Crippen LogP contribution >= 0.6 is 0 Å². The van der Waals surface area contributed by atoms with Crippen LogP contribution in [0.3, 0.4) is 0 Å². The maximum absolute atomic E-state index is 5.78. The van der Waals surface area contributed by atoms with E-state index in [1.54, 1.807) is 0 Å². The molecule has 19 heavy (non-hydrogen) atoms. The van der Waals surface area contributed by atoms with E-state index < -0.39 is 9.53 Å². The summed E-state index contributed by atoms with van der Waals surface area (Å²) in [5, 5.41) is 0. The molecule has 1 heterocycles. The molecule has 0 aromatic carbocycles. The lowest BCUT2D eigenvalue weighted by molar-refractivity contribution is 0.0900. The standard InChI is InChI=1S/C14H31NO3Si/c1-4-16-19(17-5-2)18-13-10-14(3)15-11-8-6-7-9-12-15/h14,19H,4-13H2,1-3H3. The van der Waals surface area contributed by atoms with Gasteiger partial charge in [0.05, 0.1) is 0 Å². The van der Waals surface area contributed by atoms with Gasteiger partial charge < -0.3 is 18.2 Å². The summed E-state index contributed by atoms with van der Waals surface area (Å²) in [6, 6.07) is 0.607. The van der Waals surface area contributed by atoms with E-state index in [4.69, 9.17) is 13.3 Å². The van der Waals surface area contributed by atoms with E-state index in [-0.39, 0.29) is 0 Å². The summed E-state index contributed by atoms with van der Waals surface area (Å²) in [6.07, 6.45) is 6.55. The fourth-order valence-electron chi connectivity index (χ4n) is 2.47. The van der Waals surface area contributed by atoms with Crippen LogP contribution in [0, 0.1) is 0 Å². The Morgan fingerprint density at radius 1 is 0.947 bits per heavy atom. The van der Waals surface area contributed by atoms with Crippen LogP contribution in [0.2, 0.25) is 0 Å². The predicted octanol–water partition coefficient (Wildman–Crippen LogP) is 2.45. The van der Waals surface area contributed by atoms with Crippen LogP contribution in [-0.2, 0) is 13.3 Å². The lowest BCUT2D eigenvalue weighted by Gasteiger charge is -2.28. The summed E-state index contributed by atoms with van der Waals surface area (Å²) in [6.45, 7) is 10.9. The lowest BCUT2D eigenvalue weighted by Crippen LogP contribution is -2.36. The summed E-state index contributed by atoms with van der Waals surface area (Å²) >= 11 is 0. The van der Waals surface area contributed by atoms with Crippen LogP contribution in [0.5, 0.6) is 0 Å². The van der Waals surface area contributed by atoms with Crippen molar-refractivity contribution in [1.29, 1.82) is 0 Å². The van der Waals surface area contributed by atoms with Crippen LogP contribution < -0.4 is 0 Å². The van der Waals surface area contributed by atoms with Crippen LogP contribution in [0.1, 0.15) is 52.9 Å². The average molecular weight is 289 g/mol. The van der Waals surface area contributed by atoms with Crippen molar-refractivity contribution >= 4 is 9.53 Å². The molecule has 0 aliphatic carbocycles. The number of hydrogen-bond acceptors (Lipinski definition) is 4. The van der Waals surface area contributed by atoms with Crippen molar-refractivity contribution in [3.05, 3.63) is 0 Å². The molecule has 0 spiro atoms. The number of nitrogens with zero attached hydrogens (tertiary/aromatic N) is 1. The van der Waals surface area contributed by atoms with Crippen LogP contribution in [0.4, 0.5) is 0 Å². The highest BCUT2D eigenvalue weighted by molar-refractivity contribution is 6.36. The number of hydrogen-bond donors (Lipinski definition) is 0. The first-order valence-electron chi connectivity index (χ1n) is 7.86. The van der Waals surface area contributed by atoms with Crippen LogP contribution in [0.25, 0.3) is 0 Å². The molecule has 5 heteroatoms. The van der Waals surface area contributed by atoms with Crippen molar-refractivity contribution in [2.45, 2.75) is 58.9 Å². The molecule has 0 amide bonds. The van der Waals surface area contributed by atoms with Gasteiger partial charge in [-0.15, -0.1) is 0 Å². The Morgan fingerprint density at radius 2 is 1.53 bits per heavy atom. The smallest absolute Gasteiger partial charge is 0.376 e. The minimum atomic E-state index is -1.86. The van der Waals surface area contributed by atoms with Crippen molar-refractivity contribution < 1.29 is 13.3 Å². The van der Waals surface area contributed by atoms with Gasteiger partial charge in [-0.3, -0.25) is 0 Å². The van der Waals surface area contributed by atoms with E-state index in [9.17, 15) is 0 Å². The predicted molar refractivity (Wildman–Crippen MR) is 80.5 cm³/mol. The molecular weight excluding hydrogens is 258 g/mol. The molecule has 1 saturated heterocycles. The average Bonchev–Trinajstić information content (AvgIpc) is 2.68. The molecule has 1 aliphatic rings. The minimum absolute atomic E-state index is 0.607. The van der Waals surface area contributed by atoms with Crippen molar-refractivity contribution in [3.8, 4) is 0 Å². The Kier molecular flexibility index (Phi) is 9.72. The maximum Gasteiger partial charge on any atom is 0.484 e. The van der Waals surface area contributed by atoms with Gasteiger partial charge in [-0.1, -0.05) is 12.8 Å². The van der Waals surface area contributed by atoms with E-state index in [2.05, 4.69) is 11.8 Å². The first-order valence-corrected chi connectivity index (χ1v) is 9.28. The zero-order chi connectivity index (χ0) is 13.9. The highest BCUT2D eigenvalue weighted by Gasteiger charge is 2.18. The number of likely N-dealkylation sites (tertiary alicyclic amines) is 1. The summed E-state index contributed by atoms with van der Waals surface area (Å²) in [4.78, 5) is 2.61. The lowest BCUT2D eigenvalue weighted by atomic mass is 10.2. The Labute approximate surface area is 120 Å². The molecule has 1 unspecified atom stereocenters. The van der Waals surface area contributed by atoms with Gasteiger partial charge in [0.1, 0.15) is 0 Å². The first-order chi connectivity index (χ1) is 9.27. The molecule has 1 fully saturated rings. The third-order valence-corrected chi connectivity index (χ3v) is 5.38. The van der Waals surface area contributed by atoms with Crippen molar-refractivity contribution in [2.75, 3.05) is 32.9 Å². The van der Waals surface area contributed by atoms with Gasteiger partial charge in [0.2, 0.25) is 0 Å². The highest BCUT2D eigenvalue weighted by atomic mass is 28.3. The zero-order valence-corrected chi connectivity index (χ0v) is 14.1. The molecular formula is C14H31NO3Si. The second-order valence-corrected chi connectivity index (χ2v) is 6.74. The third kappa shape index (κ3) is 7.42. The van der Waals surface area contributed by atoms with Crippen LogP contribution in [0.15, 0.2) is 0 Å². The topological polar surface area (TPSA) is 30.9 Å². The summed E-state index contributed by atoms with van der Waals surface area (Å²) in [5.74, 6) is 0. The Morgan fingerprint density at radius 3 is 2.05 bits per heavy atom. The zero-order valence-electron chi connectivity index (χ0n) is 12.9. The molecule has 0 saturated carbocycles. The fraction of sp³-hybridized carbons (Fsp3) is 1.00. The van der Waals surface area contributed by atoms with Gasteiger partial charge in [0.25, 0.3) is 0 Å². The Balaban J connectivity index is 2.18. The molecule has 1 atom stereocenters. The van der Waals surface area contributed by atoms with Gasteiger partial charge in [-0.25, -0.2) is 0 Å². The minimum Gasteiger partial charge on any atom is -0.376 e. The first kappa shape index (κ1) is 17.1. The van der Waals surface area contributed by atoms with Crippen molar-refractivity contribution in [3.63, 3.8) is 0 Å². The largest absolute Gasteiger partial charge is 0.484 e. The van der Waals surface area contributed by atoms with Gasteiger partial charge in [-0.05, 0) is 53.1 Å². The fourth-order valence-corrected chi connectivity index (χ4v) is 3.63. The van der Waals surface area contributed by atoms with E-state index in [1.807, 2.05) is 13.8 Å². The summed E-state index contributed by atoms with van der Waals surface area (Å²) < 4.78 is 16.8. The van der Waals surface area contributed by atoms with Crippen molar-refractivity contribution in [1.82, 2.24) is 4.90 Å². The second kappa shape index (κ2) is 10.8. The van der Waals surface area contributed by atoms with E-state index in [0.717, 1.165) is 13.0 Å². The van der Waals surface area contributed by atoms with Gasteiger partial charge in [0, 0.05) is 25.9 Å². The van der Waals surface area contributed by atoms with Crippen molar-refractivity contribution in [2.24, 2.45) is 0 Å². The Hall–Kier alpha value is 0.0569. The molecule has 0 aromatic rings. The van der Waals surface area contributed by atoms with Crippen LogP contribution in [-0.4, -0.2) is 53.4 Å². The molecule has 114 valence electrons. The molecule has 4 nitrogen and oxygen atoms in total. The molecule has 1 aliphatic heterocycles. The monoisotopic (exact) mass is 289 g/mol. The summed E-state index contributed by atoms with van der Waals surface area (Å²) in [5.41, 5.74) is 0. The second-order valence-electron chi connectivity index (χ2n) is 5.16. The molecule has 0 bridgehead atoms. The molecule has 0 N–H and O–H groups in total. The molecule has 0 radical (unpaired) electrons. The van der Waals surface area contributed by atoms with E-state index in [1.165, 1.54) is 38.8 Å². The number of rotatable bonds is 9. The normalized spacial score (nSPS) is 19.6. The summed E-state index contributed by atoms with van der Waals surface area (Å²) in [7, 11) is -1.86. The van der Waals surface area contributed by atoms with E-state index in [0.29, 0.717) is 19.3 Å². The quantitative estimate of drug-likeness (QED) is 0.610. The van der Waals surface area contributed by atoms with Gasteiger partial charge in [0.15, 0.2) is 0 Å². The third-order valence-electron chi connectivity index (χ3n) is 3.66. The molecule has 0 aromatic heterocycles. The van der Waals surface area contributed by atoms with Gasteiger partial charge >= 0.3 is 9.53 Å². The van der Waals surface area contributed by atoms with E-state index >= 15 is 0 Å².